The van der Waals surface area contributed by atoms with Crippen molar-refractivity contribution in [3.8, 4) is 6.01 Å². The van der Waals surface area contributed by atoms with E-state index in [4.69, 9.17) is 21.1 Å². The van der Waals surface area contributed by atoms with E-state index in [0.717, 1.165) is 12.8 Å². The molecule has 2 heterocycles. The number of nitrogens with zero attached hydrogens (tertiary/aromatic N) is 4. The first-order valence-corrected chi connectivity index (χ1v) is 7.15. The quantitative estimate of drug-likeness (QED) is 0.838. The number of morpholine rings is 1. The minimum atomic E-state index is -0.470. The molecule has 1 unspecified atom stereocenters. The van der Waals surface area contributed by atoms with Gasteiger partial charge in [0.2, 0.25) is 17.1 Å². The van der Waals surface area contributed by atoms with Gasteiger partial charge in [0.1, 0.15) is 6.04 Å². The Morgan fingerprint density at radius 2 is 2.24 bits per heavy atom. The molecule has 1 N–H and O–H groups in total. The van der Waals surface area contributed by atoms with E-state index in [1.54, 1.807) is 4.90 Å². The molecule has 0 spiro atoms. The van der Waals surface area contributed by atoms with Crippen LogP contribution in [0.2, 0.25) is 5.28 Å². The van der Waals surface area contributed by atoms with Gasteiger partial charge < -0.3 is 19.7 Å². The van der Waals surface area contributed by atoms with Crippen LogP contribution in [0.3, 0.4) is 0 Å². The zero-order valence-electron chi connectivity index (χ0n) is 11.6. The molecular weight excluding hydrogens is 298 g/mol. The maximum Gasteiger partial charge on any atom is 0.322 e. The molecule has 1 saturated heterocycles. The van der Waals surface area contributed by atoms with Crippen LogP contribution in [0.25, 0.3) is 0 Å². The van der Waals surface area contributed by atoms with Gasteiger partial charge in [-0.3, -0.25) is 4.79 Å². The monoisotopic (exact) mass is 313 g/mol. The van der Waals surface area contributed by atoms with Crippen LogP contribution in [0.15, 0.2) is 0 Å². The Hall–Kier alpha value is -1.67. The summed E-state index contributed by atoms with van der Waals surface area (Å²) in [7, 11) is 1.45. The molecule has 1 aliphatic carbocycles. The lowest BCUT2D eigenvalue weighted by atomic mass is 10.2. The first kappa shape index (κ1) is 14.3. The van der Waals surface area contributed by atoms with Crippen molar-refractivity contribution < 1.29 is 14.3 Å². The Labute approximate surface area is 126 Å². The molecule has 8 nitrogen and oxygen atoms in total. The molecule has 21 heavy (non-hydrogen) atoms. The smallest absolute Gasteiger partial charge is 0.322 e. The summed E-state index contributed by atoms with van der Waals surface area (Å²) >= 11 is 5.87. The zero-order valence-corrected chi connectivity index (χ0v) is 12.3. The number of rotatable bonds is 4. The fourth-order valence-corrected chi connectivity index (χ4v) is 2.27. The number of halogens is 1. The van der Waals surface area contributed by atoms with E-state index in [2.05, 4.69) is 20.3 Å². The lowest BCUT2D eigenvalue weighted by Crippen LogP contribution is -2.55. The summed E-state index contributed by atoms with van der Waals surface area (Å²) in [5.41, 5.74) is 0. The van der Waals surface area contributed by atoms with Gasteiger partial charge in [0.05, 0.1) is 20.3 Å². The van der Waals surface area contributed by atoms with Crippen molar-refractivity contribution in [3.63, 3.8) is 0 Å². The molecule has 0 radical (unpaired) electrons. The molecule has 1 aromatic heterocycles. The second kappa shape index (κ2) is 5.98. The summed E-state index contributed by atoms with van der Waals surface area (Å²) in [4.78, 5) is 26.2. The van der Waals surface area contributed by atoms with Gasteiger partial charge in [-0.05, 0) is 24.4 Å². The molecule has 9 heteroatoms. The minimum absolute atomic E-state index is 0.0321. The van der Waals surface area contributed by atoms with Gasteiger partial charge >= 0.3 is 6.01 Å². The van der Waals surface area contributed by atoms with E-state index in [0.29, 0.717) is 25.7 Å². The van der Waals surface area contributed by atoms with Crippen molar-refractivity contribution in [3.05, 3.63) is 5.28 Å². The second-order valence-electron chi connectivity index (χ2n) is 4.96. The zero-order chi connectivity index (χ0) is 14.8. The van der Waals surface area contributed by atoms with Crippen molar-refractivity contribution >= 4 is 23.5 Å². The summed E-state index contributed by atoms with van der Waals surface area (Å²) in [5.74, 6) is 0.249. The molecule has 1 aromatic rings. The van der Waals surface area contributed by atoms with E-state index in [1.165, 1.54) is 7.11 Å². The van der Waals surface area contributed by atoms with Gasteiger partial charge in [-0.25, -0.2) is 0 Å². The number of hydrogen-bond donors (Lipinski definition) is 1. The van der Waals surface area contributed by atoms with Gasteiger partial charge in [-0.1, -0.05) is 0 Å². The Morgan fingerprint density at radius 3 is 2.95 bits per heavy atom. The summed E-state index contributed by atoms with van der Waals surface area (Å²) in [6.07, 6.45) is 2.06. The first-order valence-electron chi connectivity index (χ1n) is 6.77. The van der Waals surface area contributed by atoms with Crippen LogP contribution in [0.4, 0.5) is 5.95 Å². The molecule has 3 rings (SSSR count). The van der Waals surface area contributed by atoms with Crippen LogP contribution in [0.1, 0.15) is 12.8 Å². The molecule has 1 atom stereocenters. The number of amides is 1. The third kappa shape index (κ3) is 3.33. The Morgan fingerprint density at radius 1 is 1.43 bits per heavy atom. The van der Waals surface area contributed by atoms with Crippen LogP contribution >= 0.6 is 11.6 Å². The van der Waals surface area contributed by atoms with Crippen LogP contribution in [0.5, 0.6) is 6.01 Å². The largest absolute Gasteiger partial charge is 0.467 e. The number of anilines is 1. The summed E-state index contributed by atoms with van der Waals surface area (Å²) in [6, 6.07) is -0.0573. The fourth-order valence-electron chi connectivity index (χ4n) is 2.13. The molecule has 114 valence electrons. The van der Waals surface area contributed by atoms with E-state index in [9.17, 15) is 4.79 Å². The predicted octanol–water partition coefficient (Wildman–Crippen LogP) is 0.0174. The maximum absolute atomic E-state index is 12.3. The highest BCUT2D eigenvalue weighted by molar-refractivity contribution is 6.28. The third-order valence-corrected chi connectivity index (χ3v) is 3.54. The lowest BCUT2D eigenvalue weighted by Gasteiger charge is -2.34. The molecule has 1 amide bonds. The molecule has 2 fully saturated rings. The van der Waals surface area contributed by atoms with Gasteiger partial charge in [0, 0.05) is 12.6 Å². The molecule has 1 aliphatic heterocycles. The predicted molar refractivity (Wildman–Crippen MR) is 74.5 cm³/mol. The highest BCUT2D eigenvalue weighted by Crippen LogP contribution is 2.22. The van der Waals surface area contributed by atoms with Crippen molar-refractivity contribution in [2.45, 2.75) is 24.9 Å². The highest BCUT2D eigenvalue weighted by Gasteiger charge is 2.34. The Balaban J connectivity index is 1.82. The number of nitrogens with one attached hydrogen (secondary N) is 1. The fraction of sp³-hybridized carbons (Fsp3) is 0.667. The van der Waals surface area contributed by atoms with E-state index in [1.807, 2.05) is 0 Å². The average molecular weight is 314 g/mol. The number of carbonyl (C=O) groups excluding carboxylic acids is 1. The summed E-state index contributed by atoms with van der Waals surface area (Å²) in [6.45, 7) is 1.30. The van der Waals surface area contributed by atoms with Crippen molar-refractivity contribution in [2.75, 3.05) is 31.8 Å². The first-order chi connectivity index (χ1) is 10.2. The van der Waals surface area contributed by atoms with Crippen LogP contribution in [0, 0.1) is 0 Å². The van der Waals surface area contributed by atoms with Crippen molar-refractivity contribution in [1.29, 1.82) is 0 Å². The SMILES string of the molecule is COc1nc(Cl)nc(N2CCOCC2C(=O)NC2CC2)n1. The highest BCUT2D eigenvalue weighted by atomic mass is 35.5. The molecule has 2 aliphatic rings. The standard InChI is InChI=1S/C12H16ClN5O3/c1-20-12-16-10(13)15-11(17-12)18-4-5-21-6-8(18)9(19)14-7-2-3-7/h7-8H,2-6H2,1H3,(H,14,19). The summed E-state index contributed by atoms with van der Waals surface area (Å²) < 4.78 is 10.4. The van der Waals surface area contributed by atoms with E-state index < -0.39 is 6.04 Å². The number of ether oxygens (including phenoxy) is 2. The van der Waals surface area contributed by atoms with Gasteiger partial charge in [0.15, 0.2) is 0 Å². The number of carbonyl (C=O) groups is 1. The minimum Gasteiger partial charge on any atom is -0.467 e. The van der Waals surface area contributed by atoms with Gasteiger partial charge in [-0.2, -0.15) is 15.0 Å². The van der Waals surface area contributed by atoms with E-state index >= 15 is 0 Å². The number of aromatic nitrogens is 3. The van der Waals surface area contributed by atoms with Crippen molar-refractivity contribution in [2.24, 2.45) is 0 Å². The third-order valence-electron chi connectivity index (χ3n) is 3.37. The molecule has 1 saturated carbocycles. The number of hydrogen-bond acceptors (Lipinski definition) is 7. The van der Waals surface area contributed by atoms with Crippen LogP contribution in [-0.4, -0.2) is 59.8 Å². The maximum atomic E-state index is 12.3. The molecule has 0 aromatic carbocycles. The molecular formula is C12H16ClN5O3. The van der Waals surface area contributed by atoms with Crippen molar-refractivity contribution in [1.82, 2.24) is 20.3 Å². The topological polar surface area (TPSA) is 89.5 Å². The van der Waals surface area contributed by atoms with Gasteiger partial charge in [0.25, 0.3) is 0 Å². The Bertz CT molecular complexity index is 540. The molecule has 0 bridgehead atoms. The second-order valence-corrected chi connectivity index (χ2v) is 5.30. The van der Waals surface area contributed by atoms with Crippen LogP contribution in [-0.2, 0) is 9.53 Å². The lowest BCUT2D eigenvalue weighted by molar-refractivity contribution is -0.124. The Kier molecular flexibility index (Phi) is 4.07. The average Bonchev–Trinajstić information content (AvgIpc) is 3.30. The summed E-state index contributed by atoms with van der Waals surface area (Å²) in [5, 5.41) is 3.00. The van der Waals surface area contributed by atoms with Gasteiger partial charge in [-0.15, -0.1) is 0 Å². The normalized spacial score (nSPS) is 22.0. The van der Waals surface area contributed by atoms with E-state index in [-0.39, 0.29) is 23.2 Å². The van der Waals surface area contributed by atoms with Crippen LogP contribution < -0.4 is 15.0 Å². The number of methoxy groups -OCH3 is 1.